The molecule has 5 nitrogen and oxygen atoms in total. The maximum atomic E-state index is 9.68. The first-order chi connectivity index (χ1) is 11.1. The van der Waals surface area contributed by atoms with Gasteiger partial charge in [0.2, 0.25) is 5.95 Å². The maximum Gasteiger partial charge on any atom is 0.225 e. The molecule has 0 radical (unpaired) electrons. The van der Waals surface area contributed by atoms with Crippen LogP contribution in [0, 0.1) is 12.3 Å². The number of aliphatic hydroxyl groups excluding tert-OH is 1. The number of nitrogens with zero attached hydrogens (tertiary/aromatic N) is 3. The molecule has 0 amide bonds. The highest BCUT2D eigenvalue weighted by Crippen LogP contribution is 2.37. The summed E-state index contributed by atoms with van der Waals surface area (Å²) in [5.74, 6) is 0.887. The van der Waals surface area contributed by atoms with Crippen LogP contribution in [0.1, 0.15) is 56.8 Å². The number of aryl methyl sites for hydroxylation is 1. The van der Waals surface area contributed by atoms with Gasteiger partial charge in [-0.1, -0.05) is 13.3 Å². The summed E-state index contributed by atoms with van der Waals surface area (Å²) < 4.78 is 0. The number of anilines is 1. The molecule has 1 aliphatic carbocycles. The molecule has 1 saturated heterocycles. The Morgan fingerprint density at radius 3 is 2.78 bits per heavy atom. The Bertz CT molecular complexity index is 530. The summed E-state index contributed by atoms with van der Waals surface area (Å²) in [6.45, 7) is 7.38. The summed E-state index contributed by atoms with van der Waals surface area (Å²) in [6, 6.07) is 2.45. The third kappa shape index (κ3) is 3.83. The molecule has 2 heterocycles. The van der Waals surface area contributed by atoms with Gasteiger partial charge in [0.15, 0.2) is 0 Å². The van der Waals surface area contributed by atoms with Crippen molar-refractivity contribution in [2.24, 2.45) is 5.41 Å². The lowest BCUT2D eigenvalue weighted by Crippen LogP contribution is -2.41. The van der Waals surface area contributed by atoms with Crippen LogP contribution in [-0.2, 0) is 6.54 Å². The van der Waals surface area contributed by atoms with Gasteiger partial charge in [-0.3, -0.25) is 0 Å². The van der Waals surface area contributed by atoms with Gasteiger partial charge in [-0.05, 0) is 45.1 Å². The van der Waals surface area contributed by atoms with Crippen LogP contribution in [0.2, 0.25) is 0 Å². The van der Waals surface area contributed by atoms with Gasteiger partial charge in [0.05, 0.1) is 5.69 Å². The molecule has 1 aromatic heterocycles. The first kappa shape index (κ1) is 16.7. The summed E-state index contributed by atoms with van der Waals surface area (Å²) in [6.07, 6.45) is 7.22. The van der Waals surface area contributed by atoms with Crippen molar-refractivity contribution in [2.75, 3.05) is 24.6 Å². The Balaban J connectivity index is 1.67. The molecule has 1 aromatic rings. The highest BCUT2D eigenvalue weighted by molar-refractivity contribution is 5.32. The predicted molar refractivity (Wildman–Crippen MR) is 92.5 cm³/mol. The van der Waals surface area contributed by atoms with Crippen LogP contribution in [0.3, 0.4) is 0 Å². The van der Waals surface area contributed by atoms with Crippen LogP contribution in [0.5, 0.6) is 0 Å². The molecule has 0 spiro atoms. The molecule has 2 N–H and O–H groups in total. The predicted octanol–water partition coefficient (Wildman–Crippen LogP) is 2.42. The van der Waals surface area contributed by atoms with Crippen molar-refractivity contribution in [3.05, 3.63) is 17.5 Å². The summed E-state index contributed by atoms with van der Waals surface area (Å²) >= 11 is 0. The molecule has 3 rings (SSSR count). The zero-order chi connectivity index (χ0) is 16.3. The smallest absolute Gasteiger partial charge is 0.225 e. The van der Waals surface area contributed by atoms with Crippen molar-refractivity contribution in [2.45, 2.75) is 65.0 Å². The molecule has 2 unspecified atom stereocenters. The van der Waals surface area contributed by atoms with Gasteiger partial charge in [-0.15, -0.1) is 0 Å². The second-order valence-corrected chi connectivity index (χ2v) is 7.49. The normalized spacial score (nSPS) is 28.3. The minimum absolute atomic E-state index is 0.0117. The van der Waals surface area contributed by atoms with E-state index >= 15 is 0 Å². The maximum absolute atomic E-state index is 9.68. The van der Waals surface area contributed by atoms with Crippen LogP contribution in [0.15, 0.2) is 6.07 Å². The van der Waals surface area contributed by atoms with E-state index < -0.39 is 0 Å². The fraction of sp³-hybridized carbons (Fsp3) is 0.778. The Hall–Kier alpha value is -1.20. The Kier molecular flexibility index (Phi) is 5.17. The average Bonchev–Trinajstić information content (AvgIpc) is 2.95. The highest BCUT2D eigenvalue weighted by Gasteiger charge is 2.37. The largest absolute Gasteiger partial charge is 0.396 e. The molecule has 2 atom stereocenters. The molecule has 1 saturated carbocycles. The Labute approximate surface area is 139 Å². The van der Waals surface area contributed by atoms with Gasteiger partial charge >= 0.3 is 0 Å². The molecule has 1 aliphatic heterocycles. The van der Waals surface area contributed by atoms with E-state index in [2.05, 4.69) is 28.2 Å². The fourth-order valence-corrected chi connectivity index (χ4v) is 3.94. The molecule has 0 bridgehead atoms. The van der Waals surface area contributed by atoms with E-state index in [1.165, 1.54) is 25.7 Å². The SMILES string of the molecule is Cc1cc(CNC2CCCC2(C)CO)nc(N2CCCCC2)n1. The third-order valence-corrected chi connectivity index (χ3v) is 5.51. The summed E-state index contributed by atoms with van der Waals surface area (Å²) in [5.41, 5.74) is 2.11. The van der Waals surface area contributed by atoms with E-state index in [1.54, 1.807) is 0 Å². The molecule has 2 aliphatic rings. The van der Waals surface area contributed by atoms with E-state index in [0.29, 0.717) is 6.04 Å². The summed E-state index contributed by atoms with van der Waals surface area (Å²) in [7, 11) is 0. The quantitative estimate of drug-likeness (QED) is 0.873. The summed E-state index contributed by atoms with van der Waals surface area (Å²) in [5, 5.41) is 13.3. The standard InChI is InChI=1S/C18H30N4O/c1-14-11-15(12-19-16-7-6-8-18(16,2)13-23)21-17(20-14)22-9-4-3-5-10-22/h11,16,19,23H,3-10,12-13H2,1-2H3. The topological polar surface area (TPSA) is 61.3 Å². The lowest BCUT2D eigenvalue weighted by atomic mass is 9.86. The van der Waals surface area contributed by atoms with Crippen molar-refractivity contribution in [3.63, 3.8) is 0 Å². The number of nitrogens with one attached hydrogen (secondary N) is 1. The summed E-state index contributed by atoms with van der Waals surface area (Å²) in [4.78, 5) is 11.7. The van der Waals surface area contributed by atoms with E-state index in [0.717, 1.165) is 49.8 Å². The monoisotopic (exact) mass is 318 g/mol. The Morgan fingerprint density at radius 2 is 2.04 bits per heavy atom. The van der Waals surface area contributed by atoms with Gasteiger partial charge in [0.25, 0.3) is 0 Å². The molecule has 128 valence electrons. The van der Waals surface area contributed by atoms with Crippen molar-refractivity contribution < 1.29 is 5.11 Å². The van der Waals surface area contributed by atoms with Crippen LogP contribution >= 0.6 is 0 Å². The number of hydrogen-bond donors (Lipinski definition) is 2. The highest BCUT2D eigenvalue weighted by atomic mass is 16.3. The number of piperidine rings is 1. The van der Waals surface area contributed by atoms with E-state index in [4.69, 9.17) is 4.98 Å². The first-order valence-electron chi connectivity index (χ1n) is 9.04. The van der Waals surface area contributed by atoms with Crippen LogP contribution in [0.25, 0.3) is 0 Å². The lowest BCUT2D eigenvalue weighted by Gasteiger charge is -2.30. The van der Waals surface area contributed by atoms with Crippen molar-refractivity contribution in [1.82, 2.24) is 15.3 Å². The number of hydrogen-bond acceptors (Lipinski definition) is 5. The van der Waals surface area contributed by atoms with Gasteiger partial charge in [-0.25, -0.2) is 9.97 Å². The molecule has 23 heavy (non-hydrogen) atoms. The minimum atomic E-state index is 0.0117. The number of aliphatic hydroxyl groups is 1. The van der Waals surface area contributed by atoms with Gasteiger partial charge in [-0.2, -0.15) is 0 Å². The molecule has 5 heteroatoms. The van der Waals surface area contributed by atoms with Crippen LogP contribution in [-0.4, -0.2) is 40.8 Å². The van der Waals surface area contributed by atoms with Gasteiger partial charge in [0, 0.05) is 43.4 Å². The lowest BCUT2D eigenvalue weighted by molar-refractivity contribution is 0.118. The van der Waals surface area contributed by atoms with Crippen molar-refractivity contribution in [1.29, 1.82) is 0 Å². The molecule has 0 aromatic carbocycles. The molecular formula is C18H30N4O. The second-order valence-electron chi connectivity index (χ2n) is 7.49. The van der Waals surface area contributed by atoms with Crippen LogP contribution < -0.4 is 10.2 Å². The zero-order valence-electron chi connectivity index (χ0n) is 14.5. The fourth-order valence-electron chi connectivity index (χ4n) is 3.94. The van der Waals surface area contributed by atoms with Crippen LogP contribution in [0.4, 0.5) is 5.95 Å². The zero-order valence-corrected chi connectivity index (χ0v) is 14.5. The van der Waals surface area contributed by atoms with Crippen molar-refractivity contribution >= 4 is 5.95 Å². The van der Waals surface area contributed by atoms with E-state index in [9.17, 15) is 5.11 Å². The molecule has 2 fully saturated rings. The number of aromatic nitrogens is 2. The van der Waals surface area contributed by atoms with E-state index in [-0.39, 0.29) is 12.0 Å². The van der Waals surface area contributed by atoms with Gasteiger partial charge < -0.3 is 15.3 Å². The average molecular weight is 318 g/mol. The third-order valence-electron chi connectivity index (χ3n) is 5.51. The Morgan fingerprint density at radius 1 is 1.26 bits per heavy atom. The van der Waals surface area contributed by atoms with E-state index in [1.807, 2.05) is 6.92 Å². The second kappa shape index (κ2) is 7.14. The van der Waals surface area contributed by atoms with Crippen molar-refractivity contribution in [3.8, 4) is 0 Å². The first-order valence-corrected chi connectivity index (χ1v) is 9.04. The number of rotatable bonds is 5. The minimum Gasteiger partial charge on any atom is -0.396 e. The molecular weight excluding hydrogens is 288 g/mol. The van der Waals surface area contributed by atoms with Gasteiger partial charge in [0.1, 0.15) is 0 Å².